The molecule has 0 spiro atoms. The van der Waals surface area contributed by atoms with Crippen molar-refractivity contribution >= 4 is 0 Å². The van der Waals surface area contributed by atoms with Crippen LogP contribution >= 0.6 is 0 Å². The minimum Gasteiger partial charge on any atom is -0.328 e. The standard InChI is InChI=1S/C12H18F3N5/c13-12(14,15)11-18-17-10-7-19(4-5-20(10)11)9-3-1-2-8(16)6-9/h8-9H,1-7,16H2/t8-,9+/m1/s1. The van der Waals surface area contributed by atoms with E-state index in [9.17, 15) is 13.2 Å². The van der Waals surface area contributed by atoms with Crippen molar-refractivity contribution in [2.24, 2.45) is 5.73 Å². The lowest BCUT2D eigenvalue weighted by atomic mass is 9.90. The summed E-state index contributed by atoms with van der Waals surface area (Å²) in [6.45, 7) is 1.33. The van der Waals surface area contributed by atoms with E-state index < -0.39 is 12.0 Å². The van der Waals surface area contributed by atoms with Gasteiger partial charge in [-0.3, -0.25) is 4.90 Å². The Morgan fingerprint density at radius 3 is 2.65 bits per heavy atom. The van der Waals surface area contributed by atoms with Gasteiger partial charge in [-0.15, -0.1) is 10.2 Å². The van der Waals surface area contributed by atoms with Crippen LogP contribution in [0, 0.1) is 0 Å². The summed E-state index contributed by atoms with van der Waals surface area (Å²) in [5.74, 6) is -0.477. The number of rotatable bonds is 1. The van der Waals surface area contributed by atoms with Gasteiger partial charge in [0.05, 0.1) is 6.54 Å². The molecule has 1 aliphatic heterocycles. The normalized spacial score (nSPS) is 28.4. The fraction of sp³-hybridized carbons (Fsp3) is 0.833. The van der Waals surface area contributed by atoms with Gasteiger partial charge in [-0.25, -0.2) is 0 Å². The van der Waals surface area contributed by atoms with Crippen LogP contribution < -0.4 is 5.73 Å². The predicted molar refractivity (Wildman–Crippen MR) is 65.7 cm³/mol. The van der Waals surface area contributed by atoms with Crippen LogP contribution in [0.25, 0.3) is 0 Å². The number of nitrogens with zero attached hydrogens (tertiary/aromatic N) is 4. The van der Waals surface area contributed by atoms with Crippen molar-refractivity contribution in [1.82, 2.24) is 19.7 Å². The molecule has 2 atom stereocenters. The second-order valence-corrected chi connectivity index (χ2v) is 5.64. The lowest BCUT2D eigenvalue weighted by Gasteiger charge is -2.38. The van der Waals surface area contributed by atoms with Gasteiger partial charge in [0.2, 0.25) is 5.82 Å². The van der Waals surface area contributed by atoms with E-state index in [-0.39, 0.29) is 6.04 Å². The highest BCUT2D eigenvalue weighted by Gasteiger charge is 2.40. The third-order valence-electron chi connectivity index (χ3n) is 4.24. The molecule has 1 aromatic heterocycles. The van der Waals surface area contributed by atoms with Crippen LogP contribution in [0.3, 0.4) is 0 Å². The molecule has 0 amide bonds. The second kappa shape index (κ2) is 5.00. The van der Waals surface area contributed by atoms with Crippen LogP contribution in [-0.2, 0) is 19.3 Å². The third-order valence-corrected chi connectivity index (χ3v) is 4.24. The smallest absolute Gasteiger partial charge is 0.328 e. The zero-order valence-electron chi connectivity index (χ0n) is 11.1. The van der Waals surface area contributed by atoms with E-state index in [0.29, 0.717) is 31.5 Å². The monoisotopic (exact) mass is 289 g/mol. The van der Waals surface area contributed by atoms with Gasteiger partial charge in [0.1, 0.15) is 5.82 Å². The molecule has 1 aliphatic carbocycles. The molecule has 5 nitrogen and oxygen atoms in total. The lowest BCUT2D eigenvalue weighted by Crippen LogP contribution is -2.46. The first kappa shape index (κ1) is 13.8. The summed E-state index contributed by atoms with van der Waals surface area (Å²) in [5, 5.41) is 7.01. The number of fused-ring (bicyclic) bond motifs is 1. The molecule has 2 aliphatic rings. The van der Waals surface area contributed by atoms with Gasteiger partial charge in [-0.1, -0.05) is 6.42 Å². The molecule has 1 saturated carbocycles. The minimum absolute atomic E-state index is 0.208. The number of alkyl halides is 3. The maximum Gasteiger partial charge on any atom is 0.451 e. The summed E-state index contributed by atoms with van der Waals surface area (Å²) in [4.78, 5) is 2.20. The van der Waals surface area contributed by atoms with E-state index in [4.69, 9.17) is 5.73 Å². The van der Waals surface area contributed by atoms with Gasteiger partial charge in [0.25, 0.3) is 0 Å². The van der Waals surface area contributed by atoms with Crippen LogP contribution in [0.1, 0.15) is 37.3 Å². The number of hydrogen-bond donors (Lipinski definition) is 1. The topological polar surface area (TPSA) is 60.0 Å². The Balaban J connectivity index is 1.75. The SMILES string of the molecule is N[C@@H]1CCC[C@H](N2CCn3c(nnc3C(F)(F)F)C2)C1. The molecule has 20 heavy (non-hydrogen) atoms. The van der Waals surface area contributed by atoms with E-state index >= 15 is 0 Å². The number of aromatic nitrogens is 3. The Bertz CT molecular complexity index is 484. The summed E-state index contributed by atoms with van der Waals surface area (Å²) in [6, 6.07) is 0.567. The van der Waals surface area contributed by atoms with E-state index in [0.717, 1.165) is 25.7 Å². The molecule has 0 unspecified atom stereocenters. The van der Waals surface area contributed by atoms with Crippen molar-refractivity contribution in [3.05, 3.63) is 11.6 Å². The van der Waals surface area contributed by atoms with Crippen molar-refractivity contribution in [1.29, 1.82) is 0 Å². The van der Waals surface area contributed by atoms with Gasteiger partial charge in [0, 0.05) is 25.2 Å². The fourth-order valence-electron chi connectivity index (χ4n) is 3.23. The second-order valence-electron chi connectivity index (χ2n) is 5.64. The van der Waals surface area contributed by atoms with Crippen LogP contribution in [0.4, 0.5) is 13.2 Å². The molecule has 1 aromatic rings. The molecular weight excluding hydrogens is 271 g/mol. The first-order valence-electron chi connectivity index (χ1n) is 6.94. The number of hydrogen-bond acceptors (Lipinski definition) is 4. The third kappa shape index (κ3) is 2.54. The summed E-state index contributed by atoms with van der Waals surface area (Å²) in [7, 11) is 0. The minimum atomic E-state index is -4.43. The van der Waals surface area contributed by atoms with Crippen molar-refractivity contribution in [2.75, 3.05) is 6.54 Å². The first-order chi connectivity index (χ1) is 9.45. The van der Waals surface area contributed by atoms with Gasteiger partial charge in [0.15, 0.2) is 0 Å². The molecule has 0 saturated heterocycles. The Kier molecular flexibility index (Phi) is 3.45. The largest absolute Gasteiger partial charge is 0.451 e. The average Bonchev–Trinajstić information content (AvgIpc) is 2.81. The first-order valence-corrected chi connectivity index (χ1v) is 6.94. The maximum atomic E-state index is 12.8. The van der Waals surface area contributed by atoms with Crippen LogP contribution in [-0.4, -0.2) is 38.3 Å². The van der Waals surface area contributed by atoms with Crippen molar-refractivity contribution in [2.45, 2.75) is 57.0 Å². The Hall–Kier alpha value is -1.15. The Labute approximate surface area is 114 Å². The van der Waals surface area contributed by atoms with Crippen LogP contribution in [0.15, 0.2) is 0 Å². The molecule has 0 bridgehead atoms. The Morgan fingerprint density at radius 2 is 1.95 bits per heavy atom. The maximum absolute atomic E-state index is 12.8. The fourth-order valence-corrected chi connectivity index (χ4v) is 3.23. The number of nitrogens with two attached hydrogens (primary N) is 1. The van der Waals surface area contributed by atoms with Gasteiger partial charge in [-0.2, -0.15) is 13.2 Å². The molecule has 8 heteroatoms. The molecule has 3 rings (SSSR count). The number of halogens is 3. The van der Waals surface area contributed by atoms with Crippen LogP contribution in [0.2, 0.25) is 0 Å². The van der Waals surface area contributed by atoms with Gasteiger partial charge in [-0.05, 0) is 19.3 Å². The Morgan fingerprint density at radius 1 is 1.15 bits per heavy atom. The zero-order chi connectivity index (χ0) is 14.3. The van der Waals surface area contributed by atoms with E-state index in [1.54, 1.807) is 0 Å². The van der Waals surface area contributed by atoms with Crippen LogP contribution in [0.5, 0.6) is 0 Å². The van der Waals surface area contributed by atoms with E-state index in [2.05, 4.69) is 15.1 Å². The molecule has 0 radical (unpaired) electrons. The quantitative estimate of drug-likeness (QED) is 0.848. The molecule has 1 fully saturated rings. The molecular formula is C12H18F3N5. The zero-order valence-corrected chi connectivity index (χ0v) is 11.1. The highest BCUT2D eigenvalue weighted by Crippen LogP contribution is 2.31. The predicted octanol–water partition coefficient (Wildman–Crippen LogP) is 1.38. The lowest BCUT2D eigenvalue weighted by molar-refractivity contribution is -0.148. The highest BCUT2D eigenvalue weighted by atomic mass is 19.4. The van der Waals surface area contributed by atoms with Gasteiger partial charge < -0.3 is 10.3 Å². The van der Waals surface area contributed by atoms with Crippen molar-refractivity contribution in [3.63, 3.8) is 0 Å². The summed E-state index contributed by atoms with van der Waals surface area (Å²) in [6.07, 6.45) is -0.323. The highest BCUT2D eigenvalue weighted by molar-refractivity contribution is 5.03. The van der Waals surface area contributed by atoms with E-state index in [1.807, 2.05) is 0 Å². The van der Waals surface area contributed by atoms with Crippen molar-refractivity contribution < 1.29 is 13.2 Å². The summed E-state index contributed by atoms with van der Waals surface area (Å²) >= 11 is 0. The van der Waals surface area contributed by atoms with Gasteiger partial charge >= 0.3 is 6.18 Å². The summed E-state index contributed by atoms with van der Waals surface area (Å²) in [5.41, 5.74) is 5.98. The van der Waals surface area contributed by atoms with Crippen molar-refractivity contribution in [3.8, 4) is 0 Å². The summed E-state index contributed by atoms with van der Waals surface area (Å²) < 4.78 is 39.5. The molecule has 2 N–H and O–H groups in total. The molecule has 2 heterocycles. The molecule has 0 aromatic carbocycles. The van der Waals surface area contributed by atoms with E-state index in [1.165, 1.54) is 4.57 Å². The molecule has 112 valence electrons. The average molecular weight is 289 g/mol.